The molecule has 0 saturated carbocycles. The van der Waals surface area contributed by atoms with E-state index in [1.165, 1.54) is 0 Å². The lowest BCUT2D eigenvalue weighted by molar-refractivity contribution is -0.147. The molecule has 0 fully saturated rings. The first kappa shape index (κ1) is 26.9. The van der Waals surface area contributed by atoms with E-state index in [0.29, 0.717) is 28.6 Å². The highest BCUT2D eigenvalue weighted by atomic mass is 35.5. The summed E-state index contributed by atoms with van der Waals surface area (Å²) in [5.41, 5.74) is 2.32. The van der Waals surface area contributed by atoms with Gasteiger partial charge in [-0.2, -0.15) is 0 Å². The average molecular weight is 489 g/mol. The Kier molecular flexibility index (Phi) is 10.5. The zero-order valence-corrected chi connectivity index (χ0v) is 20.2. The number of hydrogen-bond acceptors (Lipinski definition) is 6. The maximum absolute atomic E-state index is 12.0. The number of esters is 2. The molecule has 0 aliphatic rings. The maximum Gasteiger partial charge on any atom is 0.338 e. The van der Waals surface area contributed by atoms with Gasteiger partial charge in [0.15, 0.2) is 6.61 Å². The number of benzene rings is 2. The van der Waals surface area contributed by atoms with Crippen LogP contribution in [0.15, 0.2) is 42.5 Å². The van der Waals surface area contributed by atoms with Crippen molar-refractivity contribution in [3.8, 4) is 0 Å². The van der Waals surface area contributed by atoms with E-state index in [-0.39, 0.29) is 31.1 Å². The van der Waals surface area contributed by atoms with Crippen LogP contribution in [0.4, 0.5) is 11.4 Å². The molecule has 2 rings (SSSR count). The number of amides is 2. The summed E-state index contributed by atoms with van der Waals surface area (Å²) in [7, 11) is 0. The third-order valence-electron chi connectivity index (χ3n) is 4.56. The Balaban J connectivity index is 1.65. The van der Waals surface area contributed by atoms with Gasteiger partial charge < -0.3 is 20.1 Å². The van der Waals surface area contributed by atoms with Crippen molar-refractivity contribution in [3.63, 3.8) is 0 Å². The second-order valence-electron chi connectivity index (χ2n) is 8.14. The first-order chi connectivity index (χ1) is 16.1. The molecule has 0 unspecified atom stereocenters. The number of rotatable bonds is 11. The predicted molar refractivity (Wildman–Crippen MR) is 130 cm³/mol. The van der Waals surface area contributed by atoms with Gasteiger partial charge in [-0.25, -0.2) is 4.79 Å². The fourth-order valence-corrected chi connectivity index (χ4v) is 2.90. The Labute approximate surface area is 204 Å². The summed E-state index contributed by atoms with van der Waals surface area (Å²) in [5, 5.41) is 5.85. The smallest absolute Gasteiger partial charge is 0.338 e. The molecule has 2 aromatic rings. The van der Waals surface area contributed by atoms with E-state index >= 15 is 0 Å². The normalized spacial score (nSPS) is 10.5. The van der Waals surface area contributed by atoms with E-state index in [4.69, 9.17) is 21.1 Å². The zero-order chi connectivity index (χ0) is 25.1. The third kappa shape index (κ3) is 9.62. The van der Waals surface area contributed by atoms with Crippen molar-refractivity contribution >= 4 is 46.7 Å². The molecule has 0 saturated heterocycles. The number of aryl methyl sites for hydroxylation is 1. The molecule has 0 aliphatic heterocycles. The molecule has 0 radical (unpaired) electrons. The van der Waals surface area contributed by atoms with Gasteiger partial charge in [-0.15, -0.1) is 0 Å². The third-order valence-corrected chi connectivity index (χ3v) is 4.96. The lowest BCUT2D eigenvalue weighted by atomic mass is 10.2. The summed E-state index contributed by atoms with van der Waals surface area (Å²) in [4.78, 5) is 47.7. The number of anilines is 2. The van der Waals surface area contributed by atoms with E-state index in [9.17, 15) is 19.2 Å². The van der Waals surface area contributed by atoms with E-state index in [0.717, 1.165) is 5.56 Å². The maximum atomic E-state index is 12.0. The molecule has 0 bridgehead atoms. The number of carbonyl (C=O) groups excluding carboxylic acids is 4. The van der Waals surface area contributed by atoms with Crippen LogP contribution in [0.5, 0.6) is 0 Å². The highest BCUT2D eigenvalue weighted by Crippen LogP contribution is 2.20. The van der Waals surface area contributed by atoms with Crippen LogP contribution in [0, 0.1) is 12.8 Å². The quantitative estimate of drug-likeness (QED) is 0.441. The molecule has 182 valence electrons. The van der Waals surface area contributed by atoms with Gasteiger partial charge in [-0.3, -0.25) is 14.4 Å². The van der Waals surface area contributed by atoms with Gasteiger partial charge in [0.2, 0.25) is 5.91 Å². The Morgan fingerprint density at radius 2 is 1.53 bits per heavy atom. The van der Waals surface area contributed by atoms with Crippen LogP contribution in [-0.2, 0) is 23.9 Å². The van der Waals surface area contributed by atoms with Gasteiger partial charge in [-0.05, 0) is 61.2 Å². The van der Waals surface area contributed by atoms with Gasteiger partial charge in [0, 0.05) is 29.2 Å². The molecule has 0 aliphatic carbocycles. The molecular weight excluding hydrogens is 460 g/mol. The number of halogens is 1. The summed E-state index contributed by atoms with van der Waals surface area (Å²) in [6, 6.07) is 11.4. The van der Waals surface area contributed by atoms with Crippen molar-refractivity contribution in [2.75, 3.05) is 23.8 Å². The number of ether oxygens (including phenoxy) is 2. The van der Waals surface area contributed by atoms with Gasteiger partial charge in [0.1, 0.15) is 0 Å². The molecule has 2 amide bonds. The van der Waals surface area contributed by atoms with Gasteiger partial charge in [0.25, 0.3) is 5.91 Å². The Hall–Kier alpha value is -3.39. The largest absolute Gasteiger partial charge is 0.462 e. The number of nitrogens with one attached hydrogen (secondary N) is 2. The molecular formula is C25H29ClN2O6. The topological polar surface area (TPSA) is 111 Å². The SMILES string of the molecule is Cc1ccc(NC(=O)CCCC(=O)OCC(=O)Nc2ccc(C(=O)OCC(C)C)cc2)cc1Cl. The Morgan fingerprint density at radius 3 is 2.18 bits per heavy atom. The molecule has 9 heteroatoms. The van der Waals surface area contributed by atoms with Crippen molar-refractivity contribution in [1.82, 2.24) is 0 Å². The fourth-order valence-electron chi connectivity index (χ4n) is 2.72. The van der Waals surface area contributed by atoms with Gasteiger partial charge in [-0.1, -0.05) is 31.5 Å². The lowest BCUT2D eigenvalue weighted by Gasteiger charge is -2.09. The minimum Gasteiger partial charge on any atom is -0.462 e. The highest BCUT2D eigenvalue weighted by Gasteiger charge is 2.12. The minimum absolute atomic E-state index is 0.00252. The van der Waals surface area contributed by atoms with Gasteiger partial charge in [0.05, 0.1) is 12.2 Å². The minimum atomic E-state index is -0.579. The molecule has 2 aromatic carbocycles. The lowest BCUT2D eigenvalue weighted by Crippen LogP contribution is -2.21. The predicted octanol–water partition coefficient (Wildman–Crippen LogP) is 4.75. The Morgan fingerprint density at radius 1 is 0.882 bits per heavy atom. The van der Waals surface area contributed by atoms with Crippen molar-refractivity contribution < 1.29 is 28.7 Å². The fraction of sp³-hybridized carbons (Fsp3) is 0.360. The first-order valence-electron chi connectivity index (χ1n) is 10.9. The number of hydrogen-bond donors (Lipinski definition) is 2. The summed E-state index contributed by atoms with van der Waals surface area (Å²) >= 11 is 6.03. The van der Waals surface area contributed by atoms with Crippen LogP contribution in [0.25, 0.3) is 0 Å². The summed E-state index contributed by atoms with van der Waals surface area (Å²) in [6.07, 6.45) is 0.404. The molecule has 0 aromatic heterocycles. The monoisotopic (exact) mass is 488 g/mol. The molecule has 0 heterocycles. The zero-order valence-electron chi connectivity index (χ0n) is 19.5. The summed E-state index contributed by atoms with van der Waals surface area (Å²) in [6.45, 7) is 5.63. The Bertz CT molecular complexity index is 1020. The van der Waals surface area contributed by atoms with E-state index in [1.54, 1.807) is 42.5 Å². The van der Waals surface area contributed by atoms with Crippen molar-refractivity contribution in [1.29, 1.82) is 0 Å². The van der Waals surface area contributed by atoms with Crippen LogP contribution in [-0.4, -0.2) is 37.0 Å². The number of carbonyl (C=O) groups is 4. The van der Waals surface area contributed by atoms with Crippen molar-refractivity contribution in [2.45, 2.75) is 40.0 Å². The van der Waals surface area contributed by atoms with E-state index in [2.05, 4.69) is 10.6 Å². The first-order valence-corrected chi connectivity index (χ1v) is 11.3. The average Bonchev–Trinajstić information content (AvgIpc) is 2.79. The van der Waals surface area contributed by atoms with Gasteiger partial charge >= 0.3 is 11.9 Å². The van der Waals surface area contributed by atoms with Crippen molar-refractivity contribution in [3.05, 3.63) is 58.6 Å². The van der Waals surface area contributed by atoms with Crippen LogP contribution in [0.3, 0.4) is 0 Å². The molecule has 34 heavy (non-hydrogen) atoms. The molecule has 8 nitrogen and oxygen atoms in total. The second-order valence-corrected chi connectivity index (χ2v) is 8.55. The standard InChI is InChI=1S/C25H29ClN2O6/c1-16(2)14-34-25(32)18-8-11-19(12-9-18)27-23(30)15-33-24(31)6-4-5-22(29)28-20-10-7-17(3)21(26)13-20/h7-13,16H,4-6,14-15H2,1-3H3,(H,27,30)(H,28,29). The van der Waals surface area contributed by atoms with E-state index in [1.807, 2.05) is 20.8 Å². The highest BCUT2D eigenvalue weighted by molar-refractivity contribution is 6.31. The van der Waals surface area contributed by atoms with Crippen LogP contribution in [0.1, 0.15) is 49.0 Å². The molecule has 0 spiro atoms. The summed E-state index contributed by atoms with van der Waals surface area (Å²) in [5.74, 6) is -1.54. The van der Waals surface area contributed by atoms with E-state index < -0.39 is 24.5 Å². The summed E-state index contributed by atoms with van der Waals surface area (Å²) < 4.78 is 10.1. The van der Waals surface area contributed by atoms with Crippen LogP contribution >= 0.6 is 11.6 Å². The molecule has 0 atom stereocenters. The van der Waals surface area contributed by atoms with Crippen molar-refractivity contribution in [2.24, 2.45) is 5.92 Å². The van der Waals surface area contributed by atoms with Crippen LogP contribution < -0.4 is 10.6 Å². The second kappa shape index (κ2) is 13.3. The van der Waals surface area contributed by atoms with Crippen LogP contribution in [0.2, 0.25) is 5.02 Å². The molecule has 2 N–H and O–H groups in total.